The second-order valence-electron chi connectivity index (χ2n) is 6.33. The molecule has 0 saturated carbocycles. The fourth-order valence-corrected chi connectivity index (χ4v) is 2.77. The van der Waals surface area contributed by atoms with Crippen molar-refractivity contribution in [2.24, 2.45) is 0 Å². The highest BCUT2D eigenvalue weighted by atomic mass is 19.2. The molecule has 0 aliphatic carbocycles. The van der Waals surface area contributed by atoms with Crippen LogP contribution in [-0.4, -0.2) is 17.3 Å². The summed E-state index contributed by atoms with van der Waals surface area (Å²) in [7, 11) is 1.48. The number of methoxy groups -OCH3 is 1. The van der Waals surface area contributed by atoms with Crippen LogP contribution in [0.15, 0.2) is 65.2 Å². The monoisotopic (exact) mass is 412 g/mol. The molecule has 1 heterocycles. The van der Waals surface area contributed by atoms with Crippen molar-refractivity contribution in [1.29, 1.82) is 0 Å². The molecule has 4 aromatic rings. The smallest absolute Gasteiger partial charge is 0.258 e. The van der Waals surface area contributed by atoms with Crippen LogP contribution >= 0.6 is 0 Å². The first-order chi connectivity index (χ1) is 14.5. The first-order valence-corrected chi connectivity index (χ1v) is 8.88. The number of nitrogens with zero attached hydrogens (tertiary/aromatic N) is 2. The van der Waals surface area contributed by atoms with Crippen molar-refractivity contribution in [3.8, 4) is 34.3 Å². The zero-order valence-electron chi connectivity index (χ0n) is 15.7. The van der Waals surface area contributed by atoms with E-state index in [2.05, 4.69) is 10.1 Å². The SMILES string of the molecule is COc1cc(-c2noc(-c3ccc(F)cc3)n2)ccc1OCc1ccc(F)c(F)c1. The Bertz CT molecular complexity index is 1180. The minimum Gasteiger partial charge on any atom is -0.493 e. The Kier molecular flexibility index (Phi) is 5.38. The lowest BCUT2D eigenvalue weighted by Gasteiger charge is -2.11. The molecule has 5 nitrogen and oxygen atoms in total. The normalized spacial score (nSPS) is 10.8. The van der Waals surface area contributed by atoms with Gasteiger partial charge in [0.15, 0.2) is 23.1 Å². The molecule has 0 unspecified atom stereocenters. The van der Waals surface area contributed by atoms with Gasteiger partial charge < -0.3 is 14.0 Å². The van der Waals surface area contributed by atoms with Crippen molar-refractivity contribution in [3.63, 3.8) is 0 Å². The molecule has 0 atom stereocenters. The highest BCUT2D eigenvalue weighted by molar-refractivity contribution is 5.63. The Morgan fingerprint density at radius 1 is 0.833 bits per heavy atom. The molecule has 0 aliphatic heterocycles. The maximum absolute atomic E-state index is 13.3. The van der Waals surface area contributed by atoms with Crippen LogP contribution in [0.5, 0.6) is 11.5 Å². The van der Waals surface area contributed by atoms with Crippen LogP contribution in [0.4, 0.5) is 13.2 Å². The summed E-state index contributed by atoms with van der Waals surface area (Å²) in [4.78, 5) is 4.32. The van der Waals surface area contributed by atoms with E-state index in [0.29, 0.717) is 34.0 Å². The van der Waals surface area contributed by atoms with Gasteiger partial charge in [-0.3, -0.25) is 0 Å². The summed E-state index contributed by atoms with van der Waals surface area (Å²) in [6, 6.07) is 14.3. The quantitative estimate of drug-likeness (QED) is 0.424. The van der Waals surface area contributed by atoms with Gasteiger partial charge in [-0.1, -0.05) is 11.2 Å². The molecule has 0 radical (unpaired) electrons. The average molecular weight is 412 g/mol. The molecule has 4 rings (SSSR count). The highest BCUT2D eigenvalue weighted by Crippen LogP contribution is 2.33. The third-order valence-corrected chi connectivity index (χ3v) is 4.32. The van der Waals surface area contributed by atoms with Crippen molar-refractivity contribution < 1.29 is 27.2 Å². The van der Waals surface area contributed by atoms with Crippen LogP contribution < -0.4 is 9.47 Å². The van der Waals surface area contributed by atoms with Crippen LogP contribution in [0, 0.1) is 17.5 Å². The van der Waals surface area contributed by atoms with E-state index in [0.717, 1.165) is 12.1 Å². The predicted molar refractivity (Wildman–Crippen MR) is 102 cm³/mol. The van der Waals surface area contributed by atoms with Gasteiger partial charge >= 0.3 is 0 Å². The Morgan fingerprint density at radius 3 is 2.33 bits per heavy atom. The van der Waals surface area contributed by atoms with E-state index in [4.69, 9.17) is 14.0 Å². The molecule has 0 amide bonds. The maximum Gasteiger partial charge on any atom is 0.258 e. The largest absolute Gasteiger partial charge is 0.493 e. The zero-order valence-corrected chi connectivity index (χ0v) is 15.7. The number of benzene rings is 3. The number of hydrogen-bond acceptors (Lipinski definition) is 5. The van der Waals surface area contributed by atoms with Gasteiger partial charge in [0, 0.05) is 11.1 Å². The van der Waals surface area contributed by atoms with Gasteiger partial charge in [0.05, 0.1) is 7.11 Å². The first-order valence-electron chi connectivity index (χ1n) is 8.88. The fourth-order valence-electron chi connectivity index (χ4n) is 2.77. The van der Waals surface area contributed by atoms with Crippen molar-refractivity contribution in [1.82, 2.24) is 10.1 Å². The number of hydrogen-bond donors (Lipinski definition) is 0. The first kappa shape index (κ1) is 19.5. The summed E-state index contributed by atoms with van der Waals surface area (Å²) in [6.07, 6.45) is 0. The molecule has 30 heavy (non-hydrogen) atoms. The van der Waals surface area contributed by atoms with Crippen LogP contribution in [0.1, 0.15) is 5.56 Å². The molecule has 3 aromatic carbocycles. The van der Waals surface area contributed by atoms with Crippen LogP contribution in [0.25, 0.3) is 22.8 Å². The summed E-state index contributed by atoms with van der Waals surface area (Å²) in [5, 5.41) is 3.95. The van der Waals surface area contributed by atoms with Crippen LogP contribution in [0.3, 0.4) is 0 Å². The molecule has 0 N–H and O–H groups in total. The fraction of sp³-hybridized carbons (Fsp3) is 0.0909. The van der Waals surface area contributed by atoms with Gasteiger partial charge in [-0.25, -0.2) is 13.2 Å². The Morgan fingerprint density at radius 2 is 1.60 bits per heavy atom. The van der Waals surface area contributed by atoms with Gasteiger partial charge in [0.1, 0.15) is 12.4 Å². The van der Waals surface area contributed by atoms with E-state index in [9.17, 15) is 13.2 Å². The van der Waals surface area contributed by atoms with E-state index in [-0.39, 0.29) is 18.3 Å². The highest BCUT2D eigenvalue weighted by Gasteiger charge is 2.14. The molecule has 1 aromatic heterocycles. The molecule has 0 spiro atoms. The summed E-state index contributed by atoms with van der Waals surface area (Å²) in [5.74, 6) is -0.825. The molecule has 0 fully saturated rings. The third kappa shape index (κ3) is 4.12. The van der Waals surface area contributed by atoms with Crippen molar-refractivity contribution in [2.75, 3.05) is 7.11 Å². The minimum atomic E-state index is -0.938. The van der Waals surface area contributed by atoms with E-state index < -0.39 is 11.6 Å². The summed E-state index contributed by atoms with van der Waals surface area (Å²) >= 11 is 0. The Hall–Kier alpha value is -3.81. The van der Waals surface area contributed by atoms with Crippen molar-refractivity contribution in [3.05, 3.63) is 83.7 Å². The standard InChI is InChI=1S/C22H15F3N2O3/c1-28-20-11-15(21-26-22(30-27-21)14-3-6-16(23)7-4-14)5-9-19(20)29-12-13-2-8-17(24)18(25)10-13/h2-11H,12H2,1H3. The Labute approximate surface area is 169 Å². The molecule has 0 bridgehead atoms. The van der Waals surface area contributed by atoms with Gasteiger partial charge in [-0.15, -0.1) is 0 Å². The Balaban J connectivity index is 1.53. The summed E-state index contributed by atoms with van der Waals surface area (Å²) < 4.78 is 55.7. The zero-order chi connectivity index (χ0) is 21.1. The number of ether oxygens (including phenoxy) is 2. The molecular formula is C22H15F3N2O3. The second-order valence-corrected chi connectivity index (χ2v) is 6.33. The van der Waals surface area contributed by atoms with E-state index in [1.165, 1.54) is 25.3 Å². The van der Waals surface area contributed by atoms with Gasteiger partial charge in [0.2, 0.25) is 5.82 Å². The third-order valence-electron chi connectivity index (χ3n) is 4.32. The van der Waals surface area contributed by atoms with Crippen molar-refractivity contribution >= 4 is 0 Å². The molecule has 8 heteroatoms. The number of rotatable bonds is 6. The molecule has 0 aliphatic rings. The topological polar surface area (TPSA) is 57.4 Å². The van der Waals surface area contributed by atoms with Gasteiger partial charge in [-0.05, 0) is 60.2 Å². The summed E-state index contributed by atoms with van der Waals surface area (Å²) in [5.41, 5.74) is 1.68. The lowest BCUT2D eigenvalue weighted by molar-refractivity contribution is 0.284. The average Bonchev–Trinajstić information content (AvgIpc) is 3.25. The maximum atomic E-state index is 13.3. The number of aromatic nitrogens is 2. The van der Waals surface area contributed by atoms with E-state index in [1.807, 2.05) is 0 Å². The minimum absolute atomic E-state index is 0.0316. The lowest BCUT2D eigenvalue weighted by Crippen LogP contribution is -1.99. The van der Waals surface area contributed by atoms with Crippen molar-refractivity contribution in [2.45, 2.75) is 6.61 Å². The molecular weight excluding hydrogens is 397 g/mol. The van der Waals surface area contributed by atoms with E-state index in [1.54, 1.807) is 30.3 Å². The number of halogens is 3. The van der Waals surface area contributed by atoms with Crippen LogP contribution in [-0.2, 0) is 6.61 Å². The van der Waals surface area contributed by atoms with Crippen LogP contribution in [0.2, 0.25) is 0 Å². The van der Waals surface area contributed by atoms with Gasteiger partial charge in [0.25, 0.3) is 5.89 Å². The second kappa shape index (κ2) is 8.28. The lowest BCUT2D eigenvalue weighted by atomic mass is 10.2. The van der Waals surface area contributed by atoms with Gasteiger partial charge in [-0.2, -0.15) is 4.98 Å². The summed E-state index contributed by atoms with van der Waals surface area (Å²) in [6.45, 7) is 0.0316. The molecule has 152 valence electrons. The molecule has 0 saturated heterocycles. The predicted octanol–water partition coefficient (Wildman–Crippen LogP) is 5.41. The van der Waals surface area contributed by atoms with E-state index >= 15 is 0 Å².